The van der Waals surface area contributed by atoms with E-state index in [2.05, 4.69) is 290 Å². The third-order valence-corrected chi connectivity index (χ3v) is 21.8. The van der Waals surface area contributed by atoms with E-state index in [9.17, 15) is 0 Å². The number of nitrogens with zero attached hydrogens (tertiary/aromatic N) is 15. The van der Waals surface area contributed by atoms with E-state index in [1.54, 1.807) is 12.1 Å². The van der Waals surface area contributed by atoms with E-state index in [0.717, 1.165) is 101 Å². The van der Waals surface area contributed by atoms with Gasteiger partial charge in [-0.05, 0) is 223 Å². The van der Waals surface area contributed by atoms with Crippen LogP contribution in [-0.4, -0.2) is 46.9 Å². The Morgan fingerprint density at radius 1 is 0.252 bits per heavy atom. The largest absolute Gasteiger partial charge is 0.350 e. The summed E-state index contributed by atoms with van der Waals surface area (Å²) < 4.78 is 44.4. The molecule has 20 rings (SSSR count). The topological polar surface area (TPSA) is 106 Å². The molecule has 5 aromatic carbocycles. The number of hydrogen-bond donors (Lipinski definition) is 0. The number of rotatable bonds is 5. The van der Waals surface area contributed by atoms with Gasteiger partial charge in [-0.25, -0.2) is 42.8 Å². The minimum absolute atomic E-state index is 0.368. The highest BCUT2D eigenvalue weighted by molar-refractivity contribution is 5.82. The summed E-state index contributed by atoms with van der Waals surface area (Å²) >= 11 is 0. The molecule has 20 aromatic rings. The van der Waals surface area contributed by atoms with Crippen molar-refractivity contribution in [3.63, 3.8) is 0 Å². The smallest absolute Gasteiger partial charge is 0.273 e. The lowest BCUT2D eigenvalue weighted by Crippen LogP contribution is -2.33. The van der Waals surface area contributed by atoms with E-state index >= 15 is 0 Å². The first-order valence-electron chi connectivity index (χ1n) is 39.1. The summed E-state index contributed by atoms with van der Waals surface area (Å²) in [5, 5.41) is 0. The Bertz CT molecular complexity index is 7190. The van der Waals surface area contributed by atoms with Crippen molar-refractivity contribution < 1.29 is 26.9 Å². The summed E-state index contributed by atoms with van der Waals surface area (Å²) in [6.07, 6.45) is 10.3. The molecule has 15 heteroatoms. The molecule has 15 aromatic heterocycles. The molecule has 0 amide bonds. The fourth-order valence-corrected chi connectivity index (χ4v) is 16.0. The normalized spacial score (nSPS) is 11.9. The molecular formula is C96H92N15+5. The summed E-state index contributed by atoms with van der Waals surface area (Å²) in [4.78, 5) is 23.5. The molecule has 0 unspecified atom stereocenters. The van der Waals surface area contributed by atoms with Gasteiger partial charge in [0, 0.05) is 68.5 Å². The van der Waals surface area contributed by atoms with Gasteiger partial charge < -0.3 is 0 Å². The summed E-state index contributed by atoms with van der Waals surface area (Å²) in [5.41, 5.74) is 40.3. The maximum absolute atomic E-state index is 7.58. The number of fused-ring (bicyclic) bond motifs is 15. The van der Waals surface area contributed by atoms with E-state index in [0.29, 0.717) is 5.56 Å². The zero-order chi connectivity index (χ0) is 79.7. The van der Waals surface area contributed by atoms with Crippen LogP contribution in [0, 0.1) is 76.1 Å². The molecule has 0 saturated heterocycles. The van der Waals surface area contributed by atoms with E-state index in [1.807, 2.05) is 129 Å². The Morgan fingerprint density at radius 2 is 0.568 bits per heavy atom. The van der Waals surface area contributed by atoms with Crippen molar-refractivity contribution in [1.29, 1.82) is 0 Å². The van der Waals surface area contributed by atoms with Crippen molar-refractivity contribution in [1.82, 2.24) is 46.9 Å². The molecular weight excluding hydrogens is 1360 g/mol. The van der Waals surface area contributed by atoms with Crippen LogP contribution in [0.25, 0.3) is 140 Å². The van der Waals surface area contributed by atoms with Crippen LogP contribution in [0.1, 0.15) is 65.3 Å². The van der Waals surface area contributed by atoms with E-state index < -0.39 is 6.85 Å². The van der Waals surface area contributed by atoms with E-state index in [1.165, 1.54) is 95.1 Å². The number of pyridine rings is 10. The van der Waals surface area contributed by atoms with Crippen LogP contribution in [0.15, 0.2) is 268 Å². The van der Waals surface area contributed by atoms with Crippen molar-refractivity contribution in [3.8, 4) is 56.3 Å². The second kappa shape index (κ2) is 29.3. The van der Waals surface area contributed by atoms with Crippen molar-refractivity contribution in [3.05, 3.63) is 329 Å². The molecule has 0 aliphatic rings. The molecule has 0 fully saturated rings. The first-order chi connectivity index (χ1) is 54.9. The highest BCUT2D eigenvalue weighted by atomic mass is 15.2. The Labute approximate surface area is 650 Å². The number of benzene rings is 5. The molecule has 0 spiro atoms. The zero-order valence-electron chi connectivity index (χ0n) is 68.6. The molecule has 0 atom stereocenters. The molecule has 0 aliphatic carbocycles. The number of aromatic nitrogens is 15. The summed E-state index contributed by atoms with van der Waals surface area (Å²) in [6, 6.07) is 81.0. The zero-order valence-corrected chi connectivity index (χ0v) is 65.6. The van der Waals surface area contributed by atoms with Gasteiger partial charge >= 0.3 is 28.2 Å². The Morgan fingerprint density at radius 3 is 0.955 bits per heavy atom. The van der Waals surface area contributed by atoms with Crippen molar-refractivity contribution in [2.75, 3.05) is 0 Å². The van der Waals surface area contributed by atoms with Crippen LogP contribution < -0.4 is 22.8 Å². The predicted octanol–water partition coefficient (Wildman–Crippen LogP) is 18.3. The fraction of sp³-hybridized carbons (Fsp3) is 0.167. The maximum Gasteiger partial charge on any atom is 0.350 e. The first kappa shape index (κ1) is 68.2. The molecule has 0 radical (unpaired) electrons. The maximum atomic E-state index is 7.58. The fourth-order valence-electron chi connectivity index (χ4n) is 16.0. The highest BCUT2D eigenvalue weighted by Crippen LogP contribution is 2.32. The van der Waals surface area contributed by atoms with Crippen LogP contribution >= 0.6 is 0 Å². The van der Waals surface area contributed by atoms with Crippen LogP contribution in [0.2, 0.25) is 0 Å². The number of imidazole rings is 5. The summed E-state index contributed by atoms with van der Waals surface area (Å²) in [7, 11) is 10.4. The SMILES string of the molecule is Cc1cc(C)c(C)c(-c2ccc3c(nc4ccccn43)[n+]2C)c1.Cc1cc(C)c(C)c(-c2ccc3nc4ccccn4c3[n+]2C)c1.Cc1ccc(-c2ccc3nc4ccccn4c3[n+]2C)c(C)c1.Cc1ccccc1-c1ccc2nc3ccccn3c2[n+]1C.[2H]C([2H])([2H])c1ccc(-c2ccc3nc4ccccn4c3[n+]2C)c(C)c1. The second-order valence-corrected chi connectivity index (χ2v) is 29.3. The van der Waals surface area contributed by atoms with Gasteiger partial charge in [0.05, 0.1) is 60.0 Å². The van der Waals surface area contributed by atoms with Crippen molar-refractivity contribution in [2.24, 2.45) is 35.2 Å². The monoisotopic (exact) mass is 1460 g/mol. The van der Waals surface area contributed by atoms with Gasteiger partial charge in [0.15, 0.2) is 22.1 Å². The molecule has 111 heavy (non-hydrogen) atoms. The minimum Gasteiger partial charge on any atom is -0.273 e. The summed E-state index contributed by atoms with van der Waals surface area (Å²) in [5.74, 6) is 0. The van der Waals surface area contributed by atoms with Gasteiger partial charge in [-0.15, -0.1) is 0 Å². The summed E-state index contributed by atoms with van der Waals surface area (Å²) in [6.45, 7) is 19.4. The highest BCUT2D eigenvalue weighted by Gasteiger charge is 2.26. The van der Waals surface area contributed by atoms with E-state index in [-0.39, 0.29) is 0 Å². The van der Waals surface area contributed by atoms with Gasteiger partial charge in [-0.3, -0.25) is 4.40 Å². The number of aryl methyl sites for hydroxylation is 14. The third-order valence-electron chi connectivity index (χ3n) is 21.8. The minimum atomic E-state index is -2.09. The third kappa shape index (κ3) is 13.2. The van der Waals surface area contributed by atoms with E-state index in [4.69, 9.17) is 14.1 Å². The molecule has 15 heterocycles. The molecule has 0 aliphatic heterocycles. The Balaban J connectivity index is 0.000000107. The number of hydrogen-bond acceptors (Lipinski definition) is 5. The molecule has 0 saturated carbocycles. The molecule has 0 bridgehead atoms. The van der Waals surface area contributed by atoms with Gasteiger partial charge in [-0.1, -0.05) is 125 Å². The average Bonchev–Trinajstić information content (AvgIpc) is 1.61. The standard InChI is InChI=1S/2C20H20N3.2C19H18N3.C18H16N3/c1-13-11-14(2)15(3)16(12-13)18-9-8-17-20(22(18)4)23-10-6-5-7-19(23)21-17;1-13-11-14(2)15(3)16(12-13)17-8-9-18-20(22(17)4)21-19-7-5-6-10-23(18)19;2*1-13-7-8-15(14(2)12-13)17-10-9-16-19(21(17)3)22-11-5-4-6-18(22)20-16;1-13-7-3-4-8-14(13)16-11-10-15-18(20(16)2)21-12-6-5-9-17(21)19-15/h2*5-12H,1-4H3;2*4-12H,1-3H3;3-12H,1-2H3/q5*+1/i;;1D3;;. The molecule has 0 N–H and O–H groups in total. The van der Waals surface area contributed by atoms with Gasteiger partial charge in [0.2, 0.25) is 22.6 Å². The Kier molecular flexibility index (Phi) is 18.0. The second-order valence-electron chi connectivity index (χ2n) is 29.3. The predicted molar refractivity (Wildman–Crippen MR) is 449 cm³/mol. The van der Waals surface area contributed by atoms with Crippen LogP contribution in [-0.2, 0) is 35.2 Å². The van der Waals surface area contributed by atoms with Crippen molar-refractivity contribution >= 4 is 84.1 Å². The quantitative estimate of drug-likeness (QED) is 0.160. The van der Waals surface area contributed by atoms with Crippen molar-refractivity contribution in [2.45, 2.75) is 76.1 Å². The average molecular weight is 1460 g/mol. The first-order valence-corrected chi connectivity index (χ1v) is 37.6. The lowest BCUT2D eigenvalue weighted by Gasteiger charge is -2.11. The van der Waals surface area contributed by atoms with Gasteiger partial charge in [0.1, 0.15) is 34.0 Å². The van der Waals surface area contributed by atoms with Gasteiger partial charge in [0.25, 0.3) is 5.65 Å². The molecule has 15 nitrogen and oxygen atoms in total. The van der Waals surface area contributed by atoms with Crippen LogP contribution in [0.5, 0.6) is 0 Å². The van der Waals surface area contributed by atoms with Crippen LogP contribution in [0.3, 0.4) is 0 Å². The Hall–Kier alpha value is -13.4. The molecule has 546 valence electrons. The van der Waals surface area contributed by atoms with Crippen LogP contribution in [0.4, 0.5) is 0 Å². The lowest BCUT2D eigenvalue weighted by molar-refractivity contribution is -0.636. The lowest BCUT2D eigenvalue weighted by atomic mass is 9.97. The van der Waals surface area contributed by atoms with Gasteiger partial charge in [-0.2, -0.15) is 17.6 Å².